The molecular formula is C14H11BrFNO. The van der Waals surface area contributed by atoms with Crippen molar-refractivity contribution in [3.63, 3.8) is 0 Å². The van der Waals surface area contributed by atoms with Crippen molar-refractivity contribution in [2.24, 2.45) is 0 Å². The average Bonchev–Trinajstić information content (AvgIpc) is 2.35. The van der Waals surface area contributed by atoms with E-state index in [9.17, 15) is 9.18 Å². The molecule has 2 rings (SSSR count). The highest BCUT2D eigenvalue weighted by atomic mass is 79.9. The zero-order valence-corrected chi connectivity index (χ0v) is 11.3. The lowest BCUT2D eigenvalue weighted by atomic mass is 10.0. The molecule has 2 aromatic rings. The first-order valence-corrected chi connectivity index (χ1v) is 6.14. The van der Waals surface area contributed by atoms with Crippen LogP contribution in [0.5, 0.6) is 0 Å². The zero-order valence-electron chi connectivity index (χ0n) is 9.71. The quantitative estimate of drug-likeness (QED) is 0.679. The fourth-order valence-electron chi connectivity index (χ4n) is 1.61. The van der Waals surface area contributed by atoms with Gasteiger partial charge in [0.2, 0.25) is 0 Å². The van der Waals surface area contributed by atoms with Crippen molar-refractivity contribution < 1.29 is 9.18 Å². The van der Waals surface area contributed by atoms with Crippen molar-refractivity contribution in [1.82, 2.24) is 0 Å². The van der Waals surface area contributed by atoms with Crippen LogP contribution in [0.1, 0.15) is 21.5 Å². The van der Waals surface area contributed by atoms with Crippen molar-refractivity contribution in [3.8, 4) is 0 Å². The molecule has 0 bridgehead atoms. The van der Waals surface area contributed by atoms with Gasteiger partial charge in [0.1, 0.15) is 5.82 Å². The Morgan fingerprint density at radius 1 is 1.22 bits per heavy atom. The molecular weight excluding hydrogens is 297 g/mol. The summed E-state index contributed by atoms with van der Waals surface area (Å²) in [5.41, 5.74) is 7.40. The second-order valence-electron chi connectivity index (χ2n) is 4.03. The molecule has 18 heavy (non-hydrogen) atoms. The molecule has 0 fully saturated rings. The molecule has 92 valence electrons. The van der Waals surface area contributed by atoms with Gasteiger partial charge in [-0.25, -0.2) is 4.39 Å². The molecule has 0 aromatic heterocycles. The molecule has 2 N–H and O–H groups in total. The van der Waals surface area contributed by atoms with Gasteiger partial charge >= 0.3 is 0 Å². The van der Waals surface area contributed by atoms with Gasteiger partial charge in [0.25, 0.3) is 0 Å². The normalized spacial score (nSPS) is 10.4. The van der Waals surface area contributed by atoms with Gasteiger partial charge in [-0.05, 0) is 36.8 Å². The third kappa shape index (κ3) is 2.43. The maximum absolute atomic E-state index is 13.4. The standard InChI is InChI=1S/C14H11BrFNO/c1-8-2-3-9(6-13(8)16)14(18)11-7-10(17)4-5-12(11)15/h2-7H,17H2,1H3. The summed E-state index contributed by atoms with van der Waals surface area (Å²) in [6.07, 6.45) is 0. The van der Waals surface area contributed by atoms with Crippen molar-refractivity contribution >= 4 is 27.4 Å². The second kappa shape index (κ2) is 4.90. The predicted octanol–water partition coefficient (Wildman–Crippen LogP) is 3.71. The van der Waals surface area contributed by atoms with Crippen LogP contribution in [0.4, 0.5) is 10.1 Å². The number of carbonyl (C=O) groups is 1. The molecule has 0 unspecified atom stereocenters. The van der Waals surface area contributed by atoms with Crippen LogP contribution in [0.25, 0.3) is 0 Å². The van der Waals surface area contributed by atoms with Crippen LogP contribution < -0.4 is 5.73 Å². The first-order chi connectivity index (χ1) is 8.49. The Hall–Kier alpha value is -1.68. The van der Waals surface area contributed by atoms with Crippen LogP contribution in [0, 0.1) is 12.7 Å². The molecule has 0 saturated carbocycles. The van der Waals surface area contributed by atoms with Crippen molar-refractivity contribution in [2.75, 3.05) is 5.73 Å². The van der Waals surface area contributed by atoms with Gasteiger partial charge < -0.3 is 5.73 Å². The monoisotopic (exact) mass is 307 g/mol. The number of nitrogen functional groups attached to an aromatic ring is 1. The van der Waals surface area contributed by atoms with Gasteiger partial charge in [-0.15, -0.1) is 0 Å². The van der Waals surface area contributed by atoms with E-state index in [1.54, 1.807) is 37.3 Å². The van der Waals surface area contributed by atoms with E-state index in [1.165, 1.54) is 6.07 Å². The van der Waals surface area contributed by atoms with E-state index in [1.807, 2.05) is 0 Å². The first-order valence-electron chi connectivity index (χ1n) is 5.35. The van der Waals surface area contributed by atoms with Gasteiger partial charge in [-0.2, -0.15) is 0 Å². The van der Waals surface area contributed by atoms with Crippen LogP contribution in [-0.4, -0.2) is 5.78 Å². The summed E-state index contributed by atoms with van der Waals surface area (Å²) in [6.45, 7) is 1.65. The topological polar surface area (TPSA) is 43.1 Å². The Balaban J connectivity index is 2.47. The molecule has 0 heterocycles. The minimum absolute atomic E-state index is 0.256. The Labute approximate surface area is 113 Å². The minimum Gasteiger partial charge on any atom is -0.399 e. The first kappa shape index (κ1) is 12.8. The molecule has 0 radical (unpaired) electrons. The molecule has 0 amide bonds. The number of ketones is 1. The maximum atomic E-state index is 13.4. The Morgan fingerprint density at radius 2 is 1.94 bits per heavy atom. The number of carbonyl (C=O) groups excluding carboxylic acids is 1. The lowest BCUT2D eigenvalue weighted by Crippen LogP contribution is -2.04. The highest BCUT2D eigenvalue weighted by Gasteiger charge is 2.14. The third-order valence-corrected chi connectivity index (χ3v) is 3.36. The summed E-state index contributed by atoms with van der Waals surface area (Å²) in [6, 6.07) is 9.40. The molecule has 0 aliphatic carbocycles. The molecule has 0 aliphatic heterocycles. The van der Waals surface area contributed by atoms with E-state index < -0.39 is 0 Å². The van der Waals surface area contributed by atoms with Gasteiger partial charge in [0.05, 0.1) is 0 Å². The van der Waals surface area contributed by atoms with Gasteiger partial charge in [0, 0.05) is 21.3 Å². The molecule has 2 aromatic carbocycles. The van der Waals surface area contributed by atoms with E-state index in [0.717, 1.165) is 0 Å². The Kier molecular flexibility index (Phi) is 3.48. The van der Waals surface area contributed by atoms with Crippen LogP contribution in [0.3, 0.4) is 0 Å². The lowest BCUT2D eigenvalue weighted by molar-refractivity contribution is 0.103. The molecule has 2 nitrogen and oxygen atoms in total. The van der Waals surface area contributed by atoms with Crippen LogP contribution in [-0.2, 0) is 0 Å². The Morgan fingerprint density at radius 3 is 2.61 bits per heavy atom. The van der Waals surface area contributed by atoms with Crippen LogP contribution >= 0.6 is 15.9 Å². The van der Waals surface area contributed by atoms with E-state index in [4.69, 9.17) is 5.73 Å². The van der Waals surface area contributed by atoms with Gasteiger partial charge in [0.15, 0.2) is 5.78 Å². The summed E-state index contributed by atoms with van der Waals surface area (Å²) in [5.74, 6) is -0.644. The summed E-state index contributed by atoms with van der Waals surface area (Å²) in [5, 5.41) is 0. The van der Waals surface area contributed by atoms with Gasteiger partial charge in [-0.3, -0.25) is 4.79 Å². The van der Waals surface area contributed by atoms with Gasteiger partial charge in [-0.1, -0.05) is 28.1 Å². The highest BCUT2D eigenvalue weighted by Crippen LogP contribution is 2.23. The lowest BCUT2D eigenvalue weighted by Gasteiger charge is -2.06. The van der Waals surface area contributed by atoms with Crippen LogP contribution in [0.2, 0.25) is 0 Å². The smallest absolute Gasteiger partial charge is 0.194 e. The summed E-state index contributed by atoms with van der Waals surface area (Å²) >= 11 is 3.29. The van der Waals surface area contributed by atoms with E-state index in [2.05, 4.69) is 15.9 Å². The number of rotatable bonds is 2. The number of hydrogen-bond donors (Lipinski definition) is 1. The zero-order chi connectivity index (χ0) is 13.3. The summed E-state index contributed by atoms with van der Waals surface area (Å²) < 4.78 is 14.1. The number of nitrogens with two attached hydrogens (primary N) is 1. The molecule has 0 atom stereocenters. The molecule has 0 saturated heterocycles. The Bertz CT molecular complexity index is 625. The summed E-state index contributed by atoms with van der Waals surface area (Å²) in [7, 11) is 0. The van der Waals surface area contributed by atoms with E-state index in [0.29, 0.717) is 26.9 Å². The third-order valence-electron chi connectivity index (χ3n) is 2.67. The highest BCUT2D eigenvalue weighted by molar-refractivity contribution is 9.10. The molecule has 4 heteroatoms. The fraction of sp³-hybridized carbons (Fsp3) is 0.0714. The van der Waals surface area contributed by atoms with E-state index in [-0.39, 0.29) is 11.6 Å². The molecule has 0 aliphatic rings. The maximum Gasteiger partial charge on any atom is 0.194 e. The van der Waals surface area contributed by atoms with Crippen molar-refractivity contribution in [3.05, 3.63) is 63.4 Å². The van der Waals surface area contributed by atoms with Crippen molar-refractivity contribution in [2.45, 2.75) is 6.92 Å². The number of anilines is 1. The summed E-state index contributed by atoms with van der Waals surface area (Å²) in [4.78, 5) is 12.2. The van der Waals surface area contributed by atoms with Crippen molar-refractivity contribution in [1.29, 1.82) is 0 Å². The number of benzene rings is 2. The average molecular weight is 308 g/mol. The minimum atomic E-state index is -0.388. The van der Waals surface area contributed by atoms with Crippen LogP contribution in [0.15, 0.2) is 40.9 Å². The number of halogens is 2. The largest absolute Gasteiger partial charge is 0.399 e. The number of hydrogen-bond acceptors (Lipinski definition) is 2. The molecule has 0 spiro atoms. The SMILES string of the molecule is Cc1ccc(C(=O)c2cc(N)ccc2Br)cc1F. The van der Waals surface area contributed by atoms with E-state index >= 15 is 0 Å². The predicted molar refractivity (Wildman–Crippen MR) is 73.1 cm³/mol. The number of aryl methyl sites for hydroxylation is 1. The fourth-order valence-corrected chi connectivity index (χ4v) is 2.03. The second-order valence-corrected chi connectivity index (χ2v) is 4.89.